The van der Waals surface area contributed by atoms with Gasteiger partial charge in [-0.05, 0) is 81.3 Å². The molecule has 0 atom stereocenters. The highest BCUT2D eigenvalue weighted by molar-refractivity contribution is 6.30. The Hall–Kier alpha value is -6.12. The van der Waals surface area contributed by atoms with Gasteiger partial charge >= 0.3 is 0 Å². The van der Waals surface area contributed by atoms with Crippen LogP contribution in [0.25, 0.3) is 88.6 Å². The summed E-state index contributed by atoms with van der Waals surface area (Å²) in [6.45, 7) is 0. The van der Waals surface area contributed by atoms with Crippen LogP contribution in [0.2, 0.25) is 0 Å². The third kappa shape index (κ3) is 3.41. The Morgan fingerprint density at radius 3 is 2.33 bits per heavy atom. The van der Waals surface area contributed by atoms with Crippen molar-refractivity contribution in [1.82, 2.24) is 4.57 Å². The van der Waals surface area contributed by atoms with E-state index in [2.05, 4.69) is 156 Å². The average molecular weight is 612 g/mol. The molecule has 2 heterocycles. The summed E-state index contributed by atoms with van der Waals surface area (Å²) in [6, 6.07) is 37.9. The van der Waals surface area contributed by atoms with Gasteiger partial charge in [-0.15, -0.1) is 0 Å². The maximum atomic E-state index is 6.65. The highest BCUT2D eigenvalue weighted by atomic mass is 16.3. The maximum absolute atomic E-state index is 6.65. The fourth-order valence-electron chi connectivity index (χ4n) is 8.60. The Bertz CT molecular complexity index is 2860. The zero-order valence-corrected chi connectivity index (χ0v) is 26.2. The molecule has 11 rings (SSSR count). The van der Waals surface area contributed by atoms with Crippen LogP contribution in [0.15, 0.2) is 150 Å². The number of fused-ring (bicyclic) bond motifs is 13. The summed E-state index contributed by atoms with van der Waals surface area (Å²) >= 11 is 0. The molecule has 0 fully saturated rings. The Morgan fingerprint density at radius 1 is 0.583 bits per heavy atom. The van der Waals surface area contributed by atoms with E-state index in [1.807, 2.05) is 0 Å². The summed E-state index contributed by atoms with van der Waals surface area (Å²) in [5.41, 5.74) is 15.9. The Morgan fingerprint density at radius 2 is 1.40 bits per heavy atom. The molecule has 0 bridgehead atoms. The minimum atomic E-state index is 0.824. The molecular formula is C46H29NO. The van der Waals surface area contributed by atoms with Crippen molar-refractivity contribution >= 4 is 71.7 Å². The summed E-state index contributed by atoms with van der Waals surface area (Å²) in [6.07, 6.45) is 19.7. The van der Waals surface area contributed by atoms with Gasteiger partial charge in [-0.25, -0.2) is 0 Å². The van der Waals surface area contributed by atoms with E-state index in [4.69, 9.17) is 4.42 Å². The number of allylic oxidation sites excluding steroid dienone is 9. The van der Waals surface area contributed by atoms with Crippen LogP contribution in [0.3, 0.4) is 0 Å². The lowest BCUT2D eigenvalue weighted by Gasteiger charge is -2.14. The van der Waals surface area contributed by atoms with E-state index in [0.717, 1.165) is 29.7 Å². The third-order valence-electron chi connectivity index (χ3n) is 10.6. The van der Waals surface area contributed by atoms with E-state index in [1.165, 1.54) is 87.9 Å². The molecule has 0 N–H and O–H groups in total. The Balaban J connectivity index is 1.16. The Labute approximate surface area is 277 Å². The molecule has 0 saturated carbocycles. The second kappa shape index (κ2) is 9.70. The van der Waals surface area contributed by atoms with Crippen LogP contribution in [0.5, 0.6) is 0 Å². The van der Waals surface area contributed by atoms with E-state index in [0.29, 0.717) is 0 Å². The molecule has 2 nitrogen and oxygen atoms in total. The molecule has 3 aliphatic carbocycles. The molecule has 224 valence electrons. The number of nitrogens with zero attached hydrogens (tertiary/aromatic N) is 1. The summed E-state index contributed by atoms with van der Waals surface area (Å²) in [5, 5.41) is 7.55. The van der Waals surface area contributed by atoms with Gasteiger partial charge in [-0.1, -0.05) is 127 Å². The number of rotatable bonds is 2. The summed E-state index contributed by atoms with van der Waals surface area (Å²) in [7, 11) is 0. The van der Waals surface area contributed by atoms with Crippen LogP contribution in [-0.2, 0) is 6.42 Å². The van der Waals surface area contributed by atoms with Gasteiger partial charge < -0.3 is 8.98 Å². The molecule has 0 aliphatic heterocycles. The SMILES string of the molecule is C1=CCC=C2C(=C1)c1ccc(-c3ccc(-n4c5ccccc5c5c6c(oc7ccccc76)c6c(c54)C=CC=CC6)cc3)c3cccc2c13. The molecule has 3 aliphatic rings. The first-order valence-electron chi connectivity index (χ1n) is 16.8. The molecule has 0 spiro atoms. The second-order valence-corrected chi connectivity index (χ2v) is 13.1. The van der Waals surface area contributed by atoms with Gasteiger partial charge in [-0.3, -0.25) is 0 Å². The molecule has 6 aromatic carbocycles. The number of benzene rings is 6. The van der Waals surface area contributed by atoms with Gasteiger partial charge in [-0.2, -0.15) is 0 Å². The molecule has 2 aromatic heterocycles. The van der Waals surface area contributed by atoms with Gasteiger partial charge in [0.15, 0.2) is 0 Å². The number of hydrogen-bond acceptors (Lipinski definition) is 1. The topological polar surface area (TPSA) is 18.1 Å². The van der Waals surface area contributed by atoms with Gasteiger partial charge in [0.25, 0.3) is 0 Å². The highest BCUT2D eigenvalue weighted by Crippen LogP contribution is 2.49. The van der Waals surface area contributed by atoms with Crippen molar-refractivity contribution in [2.24, 2.45) is 0 Å². The molecule has 2 heteroatoms. The molecule has 8 aromatic rings. The molecule has 48 heavy (non-hydrogen) atoms. The first-order chi connectivity index (χ1) is 23.8. The molecule has 0 unspecified atom stereocenters. The molecule has 0 amide bonds. The van der Waals surface area contributed by atoms with E-state index in [1.54, 1.807) is 0 Å². The minimum Gasteiger partial charge on any atom is -0.456 e. The smallest absolute Gasteiger partial charge is 0.140 e. The van der Waals surface area contributed by atoms with Gasteiger partial charge in [0.2, 0.25) is 0 Å². The predicted octanol–water partition coefficient (Wildman–Crippen LogP) is 12.4. The lowest BCUT2D eigenvalue weighted by molar-refractivity contribution is 0.664. The van der Waals surface area contributed by atoms with Crippen molar-refractivity contribution in [3.8, 4) is 16.8 Å². The van der Waals surface area contributed by atoms with Crippen molar-refractivity contribution < 1.29 is 4.42 Å². The molecule has 0 saturated heterocycles. The van der Waals surface area contributed by atoms with Crippen molar-refractivity contribution in [2.45, 2.75) is 12.8 Å². The minimum absolute atomic E-state index is 0.824. The van der Waals surface area contributed by atoms with Crippen molar-refractivity contribution in [3.05, 3.63) is 168 Å². The van der Waals surface area contributed by atoms with E-state index >= 15 is 0 Å². The summed E-state index contributed by atoms with van der Waals surface area (Å²) in [4.78, 5) is 0. The second-order valence-electron chi connectivity index (χ2n) is 13.1. The first kappa shape index (κ1) is 26.0. The van der Waals surface area contributed by atoms with Crippen LogP contribution in [0.4, 0.5) is 0 Å². The Kier molecular flexibility index (Phi) is 5.25. The van der Waals surface area contributed by atoms with Gasteiger partial charge in [0.05, 0.1) is 11.0 Å². The largest absolute Gasteiger partial charge is 0.456 e. The van der Waals surface area contributed by atoms with Crippen molar-refractivity contribution in [1.29, 1.82) is 0 Å². The molecule has 0 radical (unpaired) electrons. The maximum Gasteiger partial charge on any atom is 0.140 e. The quantitative estimate of drug-likeness (QED) is 0.190. The third-order valence-corrected chi connectivity index (χ3v) is 10.6. The van der Waals surface area contributed by atoms with Crippen LogP contribution in [-0.4, -0.2) is 4.57 Å². The van der Waals surface area contributed by atoms with Gasteiger partial charge in [0.1, 0.15) is 11.2 Å². The normalized spacial score (nSPS) is 14.9. The standard InChI is InChI=1S/C46H29NO/c1-3-12-31-32(13-4-1)35-27-26-30(33-18-11-19-34(31)42(33)35)28-22-24-29(25-23-28)47-40-20-9-7-16-38(40)43-44-39-17-8-10-21-41(39)48-46(44)37-15-6-2-5-14-36(37)45(43)47/h1-2,4-14,16-27H,3,15H2. The van der Waals surface area contributed by atoms with E-state index in [-0.39, 0.29) is 0 Å². The fraction of sp³-hybridized carbons (Fsp3) is 0.0435. The monoisotopic (exact) mass is 611 g/mol. The number of para-hydroxylation sites is 2. The zero-order chi connectivity index (χ0) is 31.3. The predicted molar refractivity (Wildman–Crippen MR) is 203 cm³/mol. The van der Waals surface area contributed by atoms with Crippen LogP contribution in [0, 0.1) is 0 Å². The fourth-order valence-corrected chi connectivity index (χ4v) is 8.60. The first-order valence-corrected chi connectivity index (χ1v) is 16.8. The van der Waals surface area contributed by atoms with Crippen molar-refractivity contribution in [2.75, 3.05) is 0 Å². The van der Waals surface area contributed by atoms with Gasteiger partial charge in [0, 0.05) is 38.4 Å². The number of aromatic nitrogens is 1. The van der Waals surface area contributed by atoms with Crippen LogP contribution in [0.1, 0.15) is 28.7 Å². The summed E-state index contributed by atoms with van der Waals surface area (Å²) in [5.74, 6) is 0. The van der Waals surface area contributed by atoms with Crippen molar-refractivity contribution in [3.63, 3.8) is 0 Å². The summed E-state index contributed by atoms with van der Waals surface area (Å²) < 4.78 is 9.12. The van der Waals surface area contributed by atoms with Crippen LogP contribution < -0.4 is 0 Å². The van der Waals surface area contributed by atoms with E-state index in [9.17, 15) is 0 Å². The molecular weight excluding hydrogens is 583 g/mol. The van der Waals surface area contributed by atoms with E-state index < -0.39 is 0 Å². The number of furan rings is 1. The lowest BCUT2D eigenvalue weighted by Crippen LogP contribution is -1.98. The average Bonchev–Trinajstić information content (AvgIpc) is 3.59. The lowest BCUT2D eigenvalue weighted by atomic mass is 9.94. The highest BCUT2D eigenvalue weighted by Gasteiger charge is 2.27. The van der Waals surface area contributed by atoms with Crippen LogP contribution >= 0.6 is 0 Å². The number of hydrogen-bond donors (Lipinski definition) is 0. The zero-order valence-electron chi connectivity index (χ0n) is 26.2.